The summed E-state index contributed by atoms with van der Waals surface area (Å²) in [5.41, 5.74) is 1.14. The van der Waals surface area contributed by atoms with Crippen molar-refractivity contribution < 1.29 is 14.3 Å². The van der Waals surface area contributed by atoms with Crippen molar-refractivity contribution in [1.29, 1.82) is 0 Å². The van der Waals surface area contributed by atoms with Gasteiger partial charge in [0.1, 0.15) is 6.54 Å². The molecule has 1 aliphatic carbocycles. The van der Waals surface area contributed by atoms with Crippen molar-refractivity contribution in [3.8, 4) is 11.5 Å². The fourth-order valence-electron chi connectivity index (χ4n) is 3.24. The number of rotatable bonds is 8. The van der Waals surface area contributed by atoms with Gasteiger partial charge in [0, 0.05) is 26.7 Å². The molecule has 1 saturated carbocycles. The summed E-state index contributed by atoms with van der Waals surface area (Å²) in [6.07, 6.45) is 6.90. The lowest BCUT2D eigenvalue weighted by Gasteiger charge is -2.25. The molecule has 7 nitrogen and oxygen atoms in total. The van der Waals surface area contributed by atoms with Crippen molar-refractivity contribution in [2.45, 2.75) is 44.6 Å². The summed E-state index contributed by atoms with van der Waals surface area (Å²) in [6.45, 7) is 0.857. The molecule has 1 aromatic carbocycles. The minimum Gasteiger partial charge on any atom is -0.493 e. The van der Waals surface area contributed by atoms with Crippen LogP contribution in [0, 0.1) is 0 Å². The van der Waals surface area contributed by atoms with Crippen LogP contribution in [0.25, 0.3) is 0 Å². The maximum atomic E-state index is 11.9. The molecule has 0 aromatic heterocycles. The number of carbonyl (C=O) groups is 1. The number of nitrogens with zero attached hydrogens (tertiary/aromatic N) is 2. The largest absolute Gasteiger partial charge is 0.493 e. The van der Waals surface area contributed by atoms with Crippen molar-refractivity contribution in [2.75, 3.05) is 41.4 Å². The first-order valence-corrected chi connectivity index (χ1v) is 9.99. The second-order valence-corrected chi connectivity index (χ2v) is 7.30. The van der Waals surface area contributed by atoms with E-state index in [0.717, 1.165) is 36.3 Å². The first-order chi connectivity index (χ1) is 13.5. The molecule has 2 rings (SSSR count). The van der Waals surface area contributed by atoms with Crippen LogP contribution in [0.3, 0.4) is 0 Å². The molecule has 1 fully saturated rings. The number of methoxy groups -OCH3 is 2. The van der Waals surface area contributed by atoms with Crippen LogP contribution in [0.5, 0.6) is 11.5 Å². The van der Waals surface area contributed by atoms with E-state index in [9.17, 15) is 4.79 Å². The first-order valence-electron chi connectivity index (χ1n) is 9.99. The highest BCUT2D eigenvalue weighted by molar-refractivity contribution is 5.84. The van der Waals surface area contributed by atoms with Crippen LogP contribution >= 0.6 is 0 Å². The minimum atomic E-state index is -0.00960. The standard InChI is InChI=1S/C21H34N4O3/c1-25(2)20(26)15-23-21(24-17-8-6-5-7-9-17)22-13-12-16-10-11-18(27-3)19(14-16)28-4/h10-11,14,17H,5-9,12-13,15H2,1-4H3,(H2,22,23,24). The lowest BCUT2D eigenvalue weighted by atomic mass is 9.96. The van der Waals surface area contributed by atoms with E-state index < -0.39 is 0 Å². The number of aliphatic imine (C=N–C) groups is 1. The molecule has 0 heterocycles. The summed E-state index contributed by atoms with van der Waals surface area (Å²) >= 11 is 0. The Bertz CT molecular complexity index is 655. The van der Waals surface area contributed by atoms with Gasteiger partial charge in [-0.3, -0.25) is 4.79 Å². The van der Waals surface area contributed by atoms with Crippen molar-refractivity contribution in [2.24, 2.45) is 4.99 Å². The summed E-state index contributed by atoms with van der Waals surface area (Å²) in [6, 6.07) is 6.36. The smallest absolute Gasteiger partial charge is 0.243 e. The molecule has 0 aliphatic heterocycles. The van der Waals surface area contributed by atoms with Gasteiger partial charge in [-0.05, 0) is 37.0 Å². The zero-order valence-corrected chi connectivity index (χ0v) is 17.6. The molecule has 0 spiro atoms. The van der Waals surface area contributed by atoms with E-state index in [0.29, 0.717) is 18.5 Å². The van der Waals surface area contributed by atoms with Crippen LogP contribution in [0.1, 0.15) is 37.7 Å². The highest BCUT2D eigenvalue weighted by Gasteiger charge is 2.15. The van der Waals surface area contributed by atoms with E-state index in [2.05, 4.69) is 15.6 Å². The quantitative estimate of drug-likeness (QED) is 0.526. The lowest BCUT2D eigenvalue weighted by molar-refractivity contribution is -0.127. The van der Waals surface area contributed by atoms with E-state index in [-0.39, 0.29) is 12.5 Å². The fraction of sp³-hybridized carbons (Fsp3) is 0.619. The highest BCUT2D eigenvalue weighted by Crippen LogP contribution is 2.27. The molecule has 1 aliphatic rings. The van der Waals surface area contributed by atoms with Crippen molar-refractivity contribution >= 4 is 11.9 Å². The Morgan fingerprint density at radius 2 is 1.86 bits per heavy atom. The summed E-state index contributed by atoms with van der Waals surface area (Å²) < 4.78 is 10.7. The molecule has 7 heteroatoms. The topological polar surface area (TPSA) is 75.2 Å². The second-order valence-electron chi connectivity index (χ2n) is 7.30. The Kier molecular flexibility index (Phi) is 8.91. The molecule has 0 radical (unpaired) electrons. The maximum absolute atomic E-state index is 11.9. The Balaban J connectivity index is 1.95. The Hall–Kier alpha value is -2.44. The zero-order chi connectivity index (χ0) is 20.4. The van der Waals surface area contributed by atoms with E-state index in [1.807, 2.05) is 18.2 Å². The molecule has 1 aromatic rings. The average molecular weight is 391 g/mol. The normalized spacial score (nSPS) is 15.1. The first kappa shape index (κ1) is 21.9. The lowest BCUT2D eigenvalue weighted by Crippen LogP contribution is -2.45. The van der Waals surface area contributed by atoms with Gasteiger partial charge in [-0.25, -0.2) is 4.99 Å². The zero-order valence-electron chi connectivity index (χ0n) is 17.6. The number of ether oxygens (including phenoxy) is 2. The average Bonchev–Trinajstić information content (AvgIpc) is 2.72. The second kappa shape index (κ2) is 11.4. The molecule has 2 N–H and O–H groups in total. The molecule has 28 heavy (non-hydrogen) atoms. The van der Waals surface area contributed by atoms with Gasteiger partial charge in [0.05, 0.1) is 14.2 Å². The Labute approximate surface area is 168 Å². The number of nitrogens with one attached hydrogen (secondary N) is 2. The number of guanidine groups is 1. The van der Waals surface area contributed by atoms with Gasteiger partial charge in [-0.1, -0.05) is 25.3 Å². The summed E-state index contributed by atoms with van der Waals surface area (Å²) in [4.78, 5) is 18.0. The minimum absolute atomic E-state index is 0.00960. The van der Waals surface area contributed by atoms with Crippen LogP contribution in [0.15, 0.2) is 23.2 Å². The van der Waals surface area contributed by atoms with Crippen LogP contribution in [0.2, 0.25) is 0 Å². The number of amides is 1. The predicted octanol–water partition coefficient (Wildman–Crippen LogP) is 2.20. The molecule has 156 valence electrons. The van der Waals surface area contributed by atoms with Gasteiger partial charge in [-0.15, -0.1) is 0 Å². The number of hydrogen-bond acceptors (Lipinski definition) is 4. The van der Waals surface area contributed by atoms with Crippen molar-refractivity contribution in [3.63, 3.8) is 0 Å². The number of hydrogen-bond donors (Lipinski definition) is 2. The Morgan fingerprint density at radius 1 is 1.14 bits per heavy atom. The van der Waals surface area contributed by atoms with Gasteiger partial charge < -0.3 is 25.0 Å². The summed E-state index contributed by atoms with van der Waals surface area (Å²) in [7, 11) is 6.77. The summed E-state index contributed by atoms with van der Waals surface area (Å²) in [5.74, 6) is 2.15. The molecule has 0 atom stereocenters. The van der Waals surface area contributed by atoms with Crippen molar-refractivity contribution in [1.82, 2.24) is 15.5 Å². The number of benzene rings is 1. The van der Waals surface area contributed by atoms with Crippen LogP contribution < -0.4 is 20.1 Å². The third kappa shape index (κ3) is 6.94. The van der Waals surface area contributed by atoms with E-state index in [1.165, 1.54) is 19.3 Å². The Morgan fingerprint density at radius 3 is 2.50 bits per heavy atom. The van der Waals surface area contributed by atoms with Gasteiger partial charge in [-0.2, -0.15) is 0 Å². The van der Waals surface area contributed by atoms with Gasteiger partial charge >= 0.3 is 0 Å². The molecular weight excluding hydrogens is 356 g/mol. The molecule has 0 bridgehead atoms. The number of likely N-dealkylation sites (N-methyl/N-ethyl adjacent to an activating group) is 1. The predicted molar refractivity (Wildman–Crippen MR) is 112 cm³/mol. The van der Waals surface area contributed by atoms with Crippen LogP contribution in [-0.2, 0) is 11.2 Å². The third-order valence-corrected chi connectivity index (χ3v) is 4.97. The molecule has 1 amide bonds. The van der Waals surface area contributed by atoms with Crippen LogP contribution in [-0.4, -0.2) is 64.2 Å². The van der Waals surface area contributed by atoms with Gasteiger partial charge in [0.15, 0.2) is 17.5 Å². The molecule has 0 unspecified atom stereocenters. The SMILES string of the molecule is COc1ccc(CCNC(=NCC(=O)N(C)C)NC2CCCCC2)cc1OC. The molecule has 0 saturated heterocycles. The van der Waals surface area contributed by atoms with E-state index >= 15 is 0 Å². The van der Waals surface area contributed by atoms with Gasteiger partial charge in [0.25, 0.3) is 0 Å². The van der Waals surface area contributed by atoms with Gasteiger partial charge in [0.2, 0.25) is 5.91 Å². The number of carbonyl (C=O) groups excluding carboxylic acids is 1. The monoisotopic (exact) mass is 390 g/mol. The van der Waals surface area contributed by atoms with E-state index in [4.69, 9.17) is 9.47 Å². The highest BCUT2D eigenvalue weighted by atomic mass is 16.5. The fourth-order valence-corrected chi connectivity index (χ4v) is 3.24. The summed E-state index contributed by atoms with van der Waals surface area (Å²) in [5, 5.41) is 6.87. The van der Waals surface area contributed by atoms with Crippen LogP contribution in [0.4, 0.5) is 0 Å². The maximum Gasteiger partial charge on any atom is 0.243 e. The van der Waals surface area contributed by atoms with E-state index in [1.54, 1.807) is 33.2 Å². The third-order valence-electron chi connectivity index (χ3n) is 4.97. The molecular formula is C21H34N4O3. The van der Waals surface area contributed by atoms with Crippen molar-refractivity contribution in [3.05, 3.63) is 23.8 Å².